The van der Waals surface area contributed by atoms with Gasteiger partial charge in [0.05, 0.1) is 0 Å². The molecule has 0 radical (unpaired) electrons. The Morgan fingerprint density at radius 3 is 2.59 bits per heavy atom. The topological polar surface area (TPSA) is 23.6 Å². The lowest BCUT2D eigenvalue weighted by Gasteiger charge is -2.40. The summed E-state index contributed by atoms with van der Waals surface area (Å²) in [7, 11) is 0. The van der Waals surface area contributed by atoms with Gasteiger partial charge in [-0.2, -0.15) is 0 Å². The van der Waals surface area contributed by atoms with Crippen molar-refractivity contribution in [2.75, 3.05) is 19.6 Å². The molecule has 3 nitrogen and oxygen atoms in total. The Kier molecular flexibility index (Phi) is 3.38. The van der Waals surface area contributed by atoms with E-state index in [2.05, 4.69) is 28.9 Å². The van der Waals surface area contributed by atoms with Crippen molar-refractivity contribution < 1.29 is 4.79 Å². The van der Waals surface area contributed by atoms with Gasteiger partial charge in [0.25, 0.3) is 5.91 Å². The maximum absolute atomic E-state index is 13.0. The number of carbonyl (C=O) groups is 1. The van der Waals surface area contributed by atoms with E-state index in [0.717, 1.165) is 42.0 Å². The number of fused-ring (bicyclic) bond motifs is 1. The van der Waals surface area contributed by atoms with Gasteiger partial charge in [-0.15, -0.1) is 0 Å². The zero-order valence-corrected chi connectivity index (χ0v) is 13.0. The van der Waals surface area contributed by atoms with Crippen LogP contribution in [0.1, 0.15) is 30.1 Å². The Labute approximate surface area is 131 Å². The van der Waals surface area contributed by atoms with Gasteiger partial charge in [0.15, 0.2) is 0 Å². The summed E-state index contributed by atoms with van der Waals surface area (Å²) in [5.74, 6) is 0.180. The van der Waals surface area contributed by atoms with Crippen molar-refractivity contribution in [1.82, 2.24) is 9.80 Å². The Morgan fingerprint density at radius 1 is 1.05 bits per heavy atom. The van der Waals surface area contributed by atoms with Gasteiger partial charge in [-0.1, -0.05) is 36.4 Å². The van der Waals surface area contributed by atoms with E-state index in [-0.39, 0.29) is 5.91 Å². The number of amides is 1. The average Bonchev–Trinajstić information content (AvgIpc) is 3.38. The molecule has 0 spiro atoms. The third-order valence-electron chi connectivity index (χ3n) is 5.00. The monoisotopic (exact) mass is 294 g/mol. The maximum Gasteiger partial charge on any atom is 0.254 e. The second-order valence-electron chi connectivity index (χ2n) is 6.60. The van der Waals surface area contributed by atoms with Gasteiger partial charge in [-0.25, -0.2) is 0 Å². The molecule has 2 fully saturated rings. The SMILES string of the molecule is CC1CN(C2CC2)CCN1C(=O)c1cccc2ccccc12. The molecule has 2 aromatic carbocycles. The van der Waals surface area contributed by atoms with Crippen molar-refractivity contribution in [3.05, 3.63) is 48.0 Å². The summed E-state index contributed by atoms with van der Waals surface area (Å²) < 4.78 is 0. The molecule has 0 aromatic heterocycles. The van der Waals surface area contributed by atoms with Crippen LogP contribution in [0.5, 0.6) is 0 Å². The van der Waals surface area contributed by atoms with Crippen LogP contribution >= 0.6 is 0 Å². The minimum absolute atomic E-state index is 0.180. The predicted molar refractivity (Wildman–Crippen MR) is 89.0 cm³/mol. The van der Waals surface area contributed by atoms with Crippen LogP contribution in [0.15, 0.2) is 42.5 Å². The normalized spacial score (nSPS) is 23.0. The molecule has 1 saturated carbocycles. The molecule has 1 unspecified atom stereocenters. The van der Waals surface area contributed by atoms with Crippen molar-refractivity contribution in [3.8, 4) is 0 Å². The zero-order valence-electron chi connectivity index (χ0n) is 13.0. The first kappa shape index (κ1) is 13.8. The van der Waals surface area contributed by atoms with E-state index >= 15 is 0 Å². The highest BCUT2D eigenvalue weighted by atomic mass is 16.2. The first-order chi connectivity index (χ1) is 10.7. The van der Waals surface area contributed by atoms with E-state index in [1.165, 1.54) is 12.8 Å². The van der Waals surface area contributed by atoms with Crippen LogP contribution in [0, 0.1) is 0 Å². The second-order valence-corrected chi connectivity index (χ2v) is 6.60. The first-order valence-electron chi connectivity index (χ1n) is 8.27. The van der Waals surface area contributed by atoms with Gasteiger partial charge in [0.1, 0.15) is 0 Å². The van der Waals surface area contributed by atoms with Crippen LogP contribution in [-0.2, 0) is 0 Å². The smallest absolute Gasteiger partial charge is 0.254 e. The fourth-order valence-corrected chi connectivity index (χ4v) is 3.63. The molecule has 1 heterocycles. The molecule has 4 rings (SSSR count). The molecule has 114 valence electrons. The summed E-state index contributed by atoms with van der Waals surface area (Å²) in [6.07, 6.45) is 2.67. The number of nitrogens with zero attached hydrogens (tertiary/aromatic N) is 2. The lowest BCUT2D eigenvalue weighted by molar-refractivity contribution is 0.0476. The van der Waals surface area contributed by atoms with Crippen LogP contribution in [0.2, 0.25) is 0 Å². The molecule has 1 saturated heterocycles. The van der Waals surface area contributed by atoms with Crippen LogP contribution in [0.25, 0.3) is 10.8 Å². The highest BCUT2D eigenvalue weighted by Crippen LogP contribution is 2.29. The second kappa shape index (κ2) is 5.40. The lowest BCUT2D eigenvalue weighted by Crippen LogP contribution is -2.54. The van der Waals surface area contributed by atoms with Crippen molar-refractivity contribution >= 4 is 16.7 Å². The summed E-state index contributed by atoms with van der Waals surface area (Å²) in [6, 6.07) is 15.2. The minimum Gasteiger partial charge on any atom is -0.333 e. The van der Waals surface area contributed by atoms with Gasteiger partial charge in [0.2, 0.25) is 0 Å². The van der Waals surface area contributed by atoms with Crippen molar-refractivity contribution in [2.24, 2.45) is 0 Å². The number of hydrogen-bond acceptors (Lipinski definition) is 2. The van der Waals surface area contributed by atoms with Crippen molar-refractivity contribution in [1.29, 1.82) is 0 Å². The third-order valence-corrected chi connectivity index (χ3v) is 5.00. The van der Waals surface area contributed by atoms with E-state index < -0.39 is 0 Å². The Bertz CT molecular complexity index is 702. The van der Waals surface area contributed by atoms with E-state index in [1.54, 1.807) is 0 Å². The quantitative estimate of drug-likeness (QED) is 0.849. The number of piperazine rings is 1. The highest BCUT2D eigenvalue weighted by Gasteiger charge is 2.35. The van der Waals surface area contributed by atoms with Crippen molar-refractivity contribution in [2.45, 2.75) is 31.8 Å². The summed E-state index contributed by atoms with van der Waals surface area (Å²) in [6.45, 7) is 5.06. The van der Waals surface area contributed by atoms with Gasteiger partial charge in [0, 0.05) is 37.3 Å². The van der Waals surface area contributed by atoms with E-state index in [0.29, 0.717) is 6.04 Å². The van der Waals surface area contributed by atoms with Gasteiger partial charge < -0.3 is 4.90 Å². The molecule has 1 aliphatic heterocycles. The minimum atomic E-state index is 0.180. The van der Waals surface area contributed by atoms with Crippen LogP contribution < -0.4 is 0 Å². The lowest BCUT2D eigenvalue weighted by atomic mass is 10.0. The maximum atomic E-state index is 13.0. The standard InChI is InChI=1S/C19H22N2O/c1-14-13-20(16-9-10-16)11-12-21(14)19(22)18-8-4-6-15-5-2-3-7-17(15)18/h2-8,14,16H,9-13H2,1H3. The molecular formula is C19H22N2O. The Morgan fingerprint density at radius 2 is 1.82 bits per heavy atom. The van der Waals surface area contributed by atoms with Crippen LogP contribution in [0.4, 0.5) is 0 Å². The van der Waals surface area contributed by atoms with Gasteiger partial charge in [-0.05, 0) is 36.6 Å². The highest BCUT2D eigenvalue weighted by molar-refractivity contribution is 6.07. The largest absolute Gasteiger partial charge is 0.333 e. The Balaban J connectivity index is 1.60. The molecule has 0 bridgehead atoms. The summed E-state index contributed by atoms with van der Waals surface area (Å²) in [5, 5.41) is 2.20. The predicted octanol–water partition coefficient (Wildman–Crippen LogP) is 3.15. The molecular weight excluding hydrogens is 272 g/mol. The molecule has 2 aromatic rings. The van der Waals surface area contributed by atoms with Gasteiger partial charge >= 0.3 is 0 Å². The molecule has 2 aliphatic rings. The summed E-state index contributed by atoms with van der Waals surface area (Å²) in [4.78, 5) is 17.6. The van der Waals surface area contributed by atoms with E-state index in [1.807, 2.05) is 30.3 Å². The molecule has 1 atom stereocenters. The molecule has 1 aliphatic carbocycles. The van der Waals surface area contributed by atoms with Gasteiger partial charge in [-0.3, -0.25) is 9.69 Å². The number of rotatable bonds is 2. The Hall–Kier alpha value is -1.87. The van der Waals surface area contributed by atoms with E-state index in [9.17, 15) is 4.79 Å². The fourth-order valence-electron chi connectivity index (χ4n) is 3.63. The zero-order chi connectivity index (χ0) is 15.1. The third kappa shape index (κ3) is 2.40. The number of hydrogen-bond donors (Lipinski definition) is 0. The molecule has 22 heavy (non-hydrogen) atoms. The average molecular weight is 294 g/mol. The molecule has 1 amide bonds. The van der Waals surface area contributed by atoms with Crippen LogP contribution in [-0.4, -0.2) is 47.4 Å². The first-order valence-corrected chi connectivity index (χ1v) is 8.27. The number of carbonyl (C=O) groups excluding carboxylic acids is 1. The molecule has 0 N–H and O–H groups in total. The van der Waals surface area contributed by atoms with Crippen molar-refractivity contribution in [3.63, 3.8) is 0 Å². The molecule has 3 heteroatoms. The van der Waals surface area contributed by atoms with Crippen LogP contribution in [0.3, 0.4) is 0 Å². The summed E-state index contributed by atoms with van der Waals surface area (Å²) >= 11 is 0. The van der Waals surface area contributed by atoms with E-state index in [4.69, 9.17) is 0 Å². The fraction of sp³-hybridized carbons (Fsp3) is 0.421. The number of benzene rings is 2. The summed E-state index contributed by atoms with van der Waals surface area (Å²) in [5.41, 5.74) is 0.838.